The van der Waals surface area contributed by atoms with Gasteiger partial charge in [-0.25, -0.2) is 9.64 Å². The molecule has 4 nitrogen and oxygen atoms in total. The van der Waals surface area contributed by atoms with E-state index in [-0.39, 0.29) is 5.69 Å². The predicted octanol–water partition coefficient (Wildman–Crippen LogP) is 2.17. The molecule has 0 bridgehead atoms. The Labute approximate surface area is 81.5 Å². The molecule has 13 heavy (non-hydrogen) atoms. The first-order valence-electron chi connectivity index (χ1n) is 3.50. The topological polar surface area (TPSA) is 53.0 Å². The summed E-state index contributed by atoms with van der Waals surface area (Å²) in [5.74, 6) is 0. The molecule has 1 heterocycles. The van der Waals surface area contributed by atoms with Crippen LogP contribution < -0.4 is 5.69 Å². The highest BCUT2D eigenvalue weighted by Crippen LogP contribution is 2.31. The molecule has 5 heteroatoms. The Balaban J connectivity index is 3.01. The van der Waals surface area contributed by atoms with Crippen molar-refractivity contribution in [3.05, 3.63) is 38.5 Å². The first-order valence-corrected chi connectivity index (χ1v) is 4.29. The minimum Gasteiger partial charge on any atom is -0.315 e. The van der Waals surface area contributed by atoms with Crippen molar-refractivity contribution in [1.82, 2.24) is 9.97 Å². The summed E-state index contributed by atoms with van der Waals surface area (Å²) in [6.45, 7) is 6.93. The van der Waals surface area contributed by atoms with Crippen LogP contribution in [0.3, 0.4) is 0 Å². The number of nitrogens with one attached hydrogen (secondary N) is 2. The van der Waals surface area contributed by atoms with Crippen molar-refractivity contribution in [2.45, 2.75) is 0 Å². The number of H-pyrrole nitrogens is 2. The largest absolute Gasteiger partial charge is 0.322 e. The first-order chi connectivity index (χ1) is 6.22. The molecule has 0 unspecified atom stereocenters. The number of aromatic nitrogens is 2. The van der Waals surface area contributed by atoms with Gasteiger partial charge < -0.3 is 9.97 Å². The average Bonchev–Trinajstić information content (AvgIpc) is 2.45. The van der Waals surface area contributed by atoms with Crippen molar-refractivity contribution in [1.29, 1.82) is 0 Å². The molecule has 1 aromatic carbocycles. The molecule has 2 rings (SSSR count). The number of hydrogen-bond donors (Lipinski definition) is 2. The molecule has 0 aliphatic heterocycles. The van der Waals surface area contributed by atoms with Crippen LogP contribution in [0.15, 0.2) is 21.4 Å². The first kappa shape index (κ1) is 8.08. The van der Waals surface area contributed by atoms with E-state index in [0.29, 0.717) is 21.2 Å². The zero-order valence-corrected chi connectivity index (χ0v) is 7.97. The SMILES string of the molecule is [C-]#[N+]c1c(Br)ccc2[nH]c(=O)[nH]c12. The molecule has 2 aromatic rings. The number of halogens is 1. The fourth-order valence-electron chi connectivity index (χ4n) is 1.17. The van der Waals surface area contributed by atoms with Crippen molar-refractivity contribution in [2.24, 2.45) is 0 Å². The van der Waals surface area contributed by atoms with Crippen molar-refractivity contribution in [3.8, 4) is 0 Å². The van der Waals surface area contributed by atoms with E-state index in [1.807, 2.05) is 0 Å². The zero-order valence-electron chi connectivity index (χ0n) is 6.39. The number of imidazole rings is 1. The molecule has 64 valence electrons. The Morgan fingerprint density at radius 3 is 2.85 bits per heavy atom. The van der Waals surface area contributed by atoms with Gasteiger partial charge >= 0.3 is 5.69 Å². The maximum atomic E-state index is 10.9. The molecule has 2 N–H and O–H groups in total. The van der Waals surface area contributed by atoms with E-state index < -0.39 is 0 Å². The Morgan fingerprint density at radius 1 is 1.38 bits per heavy atom. The summed E-state index contributed by atoms with van der Waals surface area (Å²) >= 11 is 3.24. The third-order valence-corrected chi connectivity index (χ3v) is 2.37. The molecule has 0 aliphatic rings. The predicted molar refractivity (Wildman–Crippen MR) is 52.9 cm³/mol. The number of fused-ring (bicyclic) bond motifs is 1. The summed E-state index contributed by atoms with van der Waals surface area (Å²) in [7, 11) is 0. The van der Waals surface area contributed by atoms with Gasteiger partial charge in [-0.2, -0.15) is 0 Å². The molecule has 0 fully saturated rings. The maximum absolute atomic E-state index is 10.9. The maximum Gasteiger partial charge on any atom is 0.322 e. The molecule has 0 radical (unpaired) electrons. The second-order valence-corrected chi connectivity index (χ2v) is 3.36. The van der Waals surface area contributed by atoms with Crippen LogP contribution in [-0.2, 0) is 0 Å². The summed E-state index contributed by atoms with van der Waals surface area (Å²) in [6, 6.07) is 3.48. The van der Waals surface area contributed by atoms with Gasteiger partial charge in [0.25, 0.3) is 0 Å². The Kier molecular flexibility index (Phi) is 1.71. The summed E-state index contributed by atoms with van der Waals surface area (Å²) in [5.41, 5.74) is 1.34. The van der Waals surface area contributed by atoms with Gasteiger partial charge in [-0.05, 0) is 6.07 Å². The van der Waals surface area contributed by atoms with Crippen LogP contribution in [0.2, 0.25) is 0 Å². The van der Waals surface area contributed by atoms with Crippen molar-refractivity contribution in [2.75, 3.05) is 0 Å². The van der Waals surface area contributed by atoms with Crippen LogP contribution in [0.25, 0.3) is 15.9 Å². The van der Waals surface area contributed by atoms with E-state index in [0.717, 1.165) is 0 Å². The number of benzene rings is 1. The molecular weight excluding hydrogens is 234 g/mol. The van der Waals surface area contributed by atoms with Gasteiger partial charge in [0.2, 0.25) is 5.69 Å². The monoisotopic (exact) mass is 237 g/mol. The zero-order chi connectivity index (χ0) is 9.42. The lowest BCUT2D eigenvalue weighted by Gasteiger charge is -1.94. The average molecular weight is 238 g/mol. The van der Waals surface area contributed by atoms with Crippen LogP contribution in [0.5, 0.6) is 0 Å². The lowest BCUT2D eigenvalue weighted by atomic mass is 10.3. The molecular formula is C8H4BrN3O. The summed E-state index contributed by atoms with van der Waals surface area (Å²) < 4.78 is 0.685. The van der Waals surface area contributed by atoms with Crippen LogP contribution in [0, 0.1) is 6.57 Å². The molecule has 0 saturated carbocycles. The summed E-state index contributed by atoms with van der Waals surface area (Å²) in [5, 5.41) is 0. The second-order valence-electron chi connectivity index (χ2n) is 2.51. The van der Waals surface area contributed by atoms with Gasteiger partial charge in [-0.1, -0.05) is 22.0 Å². The minimum atomic E-state index is -0.294. The third-order valence-electron chi connectivity index (χ3n) is 1.73. The fourth-order valence-corrected chi connectivity index (χ4v) is 1.59. The molecule has 0 spiro atoms. The van der Waals surface area contributed by atoms with E-state index in [9.17, 15) is 4.79 Å². The van der Waals surface area contributed by atoms with Gasteiger partial charge in [0.1, 0.15) is 0 Å². The highest BCUT2D eigenvalue weighted by molar-refractivity contribution is 9.10. The third kappa shape index (κ3) is 1.15. The Morgan fingerprint density at radius 2 is 2.15 bits per heavy atom. The fraction of sp³-hybridized carbons (Fsp3) is 0. The number of rotatable bonds is 0. The van der Waals surface area contributed by atoms with Gasteiger partial charge in [-0.15, -0.1) is 0 Å². The van der Waals surface area contributed by atoms with Crippen molar-refractivity contribution >= 4 is 32.7 Å². The smallest absolute Gasteiger partial charge is 0.315 e. The number of aromatic amines is 2. The number of nitrogens with zero attached hydrogens (tertiary/aromatic N) is 1. The Hall–Kier alpha value is -1.54. The van der Waals surface area contributed by atoms with Crippen LogP contribution >= 0.6 is 15.9 Å². The summed E-state index contributed by atoms with van der Waals surface area (Å²) in [6.07, 6.45) is 0. The van der Waals surface area contributed by atoms with E-state index in [4.69, 9.17) is 6.57 Å². The quantitative estimate of drug-likeness (QED) is 0.679. The molecule has 0 atom stereocenters. The van der Waals surface area contributed by atoms with Crippen LogP contribution in [0.4, 0.5) is 5.69 Å². The van der Waals surface area contributed by atoms with Gasteiger partial charge in [0.05, 0.1) is 17.6 Å². The Bertz CT molecular complexity index is 561. The molecule has 0 saturated heterocycles. The molecule has 0 amide bonds. The number of hydrogen-bond acceptors (Lipinski definition) is 1. The van der Waals surface area contributed by atoms with E-state index in [2.05, 4.69) is 30.7 Å². The lowest BCUT2D eigenvalue weighted by molar-refractivity contribution is 1.22. The van der Waals surface area contributed by atoms with E-state index >= 15 is 0 Å². The molecule has 1 aromatic heterocycles. The summed E-state index contributed by atoms with van der Waals surface area (Å²) in [4.78, 5) is 19.4. The molecule has 0 aliphatic carbocycles. The lowest BCUT2D eigenvalue weighted by Crippen LogP contribution is -1.99. The second kappa shape index (κ2) is 2.75. The van der Waals surface area contributed by atoms with Crippen LogP contribution in [0.1, 0.15) is 0 Å². The van der Waals surface area contributed by atoms with Crippen molar-refractivity contribution < 1.29 is 0 Å². The van der Waals surface area contributed by atoms with Crippen LogP contribution in [-0.4, -0.2) is 9.97 Å². The van der Waals surface area contributed by atoms with E-state index in [1.54, 1.807) is 12.1 Å². The highest BCUT2D eigenvalue weighted by atomic mass is 79.9. The van der Waals surface area contributed by atoms with Gasteiger partial charge in [0, 0.05) is 4.47 Å². The highest BCUT2D eigenvalue weighted by Gasteiger charge is 2.07. The normalized spacial score (nSPS) is 10.2. The minimum absolute atomic E-state index is 0.294. The van der Waals surface area contributed by atoms with Gasteiger partial charge in [-0.3, -0.25) is 0 Å². The van der Waals surface area contributed by atoms with Gasteiger partial charge in [0.15, 0.2) is 0 Å². The van der Waals surface area contributed by atoms with E-state index in [1.165, 1.54) is 0 Å². The van der Waals surface area contributed by atoms with Crippen molar-refractivity contribution in [3.63, 3.8) is 0 Å². The standard InChI is InChI=1S/C8H4BrN3O/c1-10-6-4(9)2-3-5-7(6)12-8(13)11-5/h2-3H,(H2,11,12,13).